The van der Waals surface area contributed by atoms with Gasteiger partial charge in [0, 0.05) is 19.6 Å². The normalized spacial score (nSPS) is 29.6. The molecule has 5 nitrogen and oxygen atoms in total. The third-order valence-electron chi connectivity index (χ3n) is 4.39. The summed E-state index contributed by atoms with van der Waals surface area (Å²) in [6.07, 6.45) is 3.22. The van der Waals surface area contributed by atoms with Gasteiger partial charge in [0.15, 0.2) is 0 Å². The average Bonchev–Trinajstić information content (AvgIpc) is 3.06. The van der Waals surface area contributed by atoms with Gasteiger partial charge in [-0.2, -0.15) is 11.8 Å². The van der Waals surface area contributed by atoms with E-state index in [9.17, 15) is 14.7 Å². The molecule has 6 heteroatoms. The van der Waals surface area contributed by atoms with Gasteiger partial charge in [-0.05, 0) is 36.7 Å². The second-order valence-corrected chi connectivity index (χ2v) is 7.07. The van der Waals surface area contributed by atoms with Crippen molar-refractivity contribution in [3.8, 4) is 0 Å². The summed E-state index contributed by atoms with van der Waals surface area (Å²) in [4.78, 5) is 25.3. The van der Waals surface area contributed by atoms with Gasteiger partial charge in [0.2, 0.25) is 0 Å². The molecule has 20 heavy (non-hydrogen) atoms. The zero-order valence-electron chi connectivity index (χ0n) is 12.1. The Morgan fingerprint density at radius 1 is 1.50 bits per heavy atom. The predicted molar refractivity (Wildman–Crippen MR) is 80.0 cm³/mol. The van der Waals surface area contributed by atoms with Crippen LogP contribution in [0.3, 0.4) is 0 Å². The topological polar surface area (TPSA) is 69.6 Å². The SMILES string of the molecule is CCCC1(C(=O)O)CCN(C(=O)NCC2CCSC2)C1. The lowest BCUT2D eigenvalue weighted by Gasteiger charge is -2.24. The molecule has 0 aliphatic carbocycles. The number of nitrogens with one attached hydrogen (secondary N) is 1. The van der Waals surface area contributed by atoms with Crippen LogP contribution in [0.4, 0.5) is 4.79 Å². The van der Waals surface area contributed by atoms with Crippen molar-refractivity contribution in [1.29, 1.82) is 0 Å². The highest BCUT2D eigenvalue weighted by Crippen LogP contribution is 2.35. The van der Waals surface area contributed by atoms with E-state index in [4.69, 9.17) is 0 Å². The van der Waals surface area contributed by atoms with E-state index >= 15 is 0 Å². The summed E-state index contributed by atoms with van der Waals surface area (Å²) in [7, 11) is 0. The molecule has 2 heterocycles. The Morgan fingerprint density at radius 3 is 2.90 bits per heavy atom. The average molecular weight is 300 g/mol. The molecule has 114 valence electrons. The van der Waals surface area contributed by atoms with Gasteiger partial charge in [-0.1, -0.05) is 13.3 Å². The van der Waals surface area contributed by atoms with Crippen molar-refractivity contribution in [2.75, 3.05) is 31.1 Å². The van der Waals surface area contributed by atoms with Gasteiger partial charge < -0.3 is 15.3 Å². The Morgan fingerprint density at radius 2 is 2.30 bits per heavy atom. The first-order valence-electron chi connectivity index (χ1n) is 7.41. The van der Waals surface area contributed by atoms with Crippen LogP contribution in [0.1, 0.15) is 32.6 Å². The number of hydrogen-bond donors (Lipinski definition) is 2. The lowest BCUT2D eigenvalue weighted by atomic mass is 9.83. The van der Waals surface area contributed by atoms with Crippen molar-refractivity contribution in [2.45, 2.75) is 32.6 Å². The lowest BCUT2D eigenvalue weighted by Crippen LogP contribution is -2.43. The van der Waals surface area contributed by atoms with Gasteiger partial charge in [-0.15, -0.1) is 0 Å². The molecule has 2 N–H and O–H groups in total. The number of carbonyl (C=O) groups excluding carboxylic acids is 1. The van der Waals surface area contributed by atoms with Gasteiger partial charge in [0.1, 0.15) is 0 Å². The lowest BCUT2D eigenvalue weighted by molar-refractivity contribution is -0.148. The van der Waals surface area contributed by atoms with Crippen molar-refractivity contribution in [3.05, 3.63) is 0 Å². The second-order valence-electron chi connectivity index (χ2n) is 5.92. The molecule has 0 aromatic carbocycles. The standard InChI is InChI=1S/C14H24N2O3S/c1-2-4-14(12(17)18)5-6-16(10-14)13(19)15-8-11-3-7-20-9-11/h11H,2-10H2,1H3,(H,15,19)(H,17,18). The van der Waals surface area contributed by atoms with Gasteiger partial charge in [-0.3, -0.25) is 4.79 Å². The fourth-order valence-corrected chi connectivity index (χ4v) is 4.38. The molecule has 0 bridgehead atoms. The molecule has 0 radical (unpaired) electrons. The molecule has 0 spiro atoms. The smallest absolute Gasteiger partial charge is 0.317 e. The maximum atomic E-state index is 12.1. The van der Waals surface area contributed by atoms with Gasteiger partial charge in [0.05, 0.1) is 5.41 Å². The van der Waals surface area contributed by atoms with Crippen LogP contribution in [0.25, 0.3) is 0 Å². The summed E-state index contributed by atoms with van der Waals surface area (Å²) < 4.78 is 0. The van der Waals surface area contributed by atoms with Crippen LogP contribution in [-0.2, 0) is 4.79 Å². The molecule has 2 amide bonds. The summed E-state index contributed by atoms with van der Waals surface area (Å²) in [6.45, 7) is 3.61. The van der Waals surface area contributed by atoms with E-state index in [0.717, 1.165) is 18.7 Å². The molecule has 0 aromatic heterocycles. The van der Waals surface area contributed by atoms with Gasteiger partial charge in [0.25, 0.3) is 0 Å². The molecule has 0 aromatic rings. The van der Waals surface area contributed by atoms with Crippen LogP contribution in [-0.4, -0.2) is 53.1 Å². The zero-order valence-corrected chi connectivity index (χ0v) is 12.9. The minimum atomic E-state index is -0.762. The van der Waals surface area contributed by atoms with E-state index in [0.29, 0.717) is 31.8 Å². The van der Waals surface area contributed by atoms with Crippen molar-refractivity contribution in [3.63, 3.8) is 0 Å². The first kappa shape index (κ1) is 15.5. The number of hydrogen-bond acceptors (Lipinski definition) is 3. The highest BCUT2D eigenvalue weighted by molar-refractivity contribution is 7.99. The molecule has 2 aliphatic rings. The summed E-state index contributed by atoms with van der Waals surface area (Å²) in [5.41, 5.74) is -0.727. The van der Waals surface area contributed by atoms with Gasteiger partial charge >= 0.3 is 12.0 Å². The van der Waals surface area contributed by atoms with Crippen LogP contribution in [0.5, 0.6) is 0 Å². The monoisotopic (exact) mass is 300 g/mol. The molecule has 0 saturated carbocycles. The fourth-order valence-electron chi connectivity index (χ4n) is 3.10. The number of carboxylic acids is 1. The first-order chi connectivity index (χ1) is 9.57. The number of likely N-dealkylation sites (tertiary alicyclic amines) is 1. The van der Waals surface area contributed by atoms with E-state index < -0.39 is 11.4 Å². The van der Waals surface area contributed by atoms with E-state index in [1.807, 2.05) is 18.7 Å². The molecule has 2 fully saturated rings. The van der Waals surface area contributed by atoms with E-state index in [-0.39, 0.29) is 6.03 Å². The van der Waals surface area contributed by atoms with Gasteiger partial charge in [-0.25, -0.2) is 4.79 Å². The third-order valence-corrected chi connectivity index (χ3v) is 5.62. The number of carboxylic acid groups (broad SMARTS) is 1. The van der Waals surface area contributed by atoms with Crippen LogP contribution in [0.2, 0.25) is 0 Å². The molecule has 2 aliphatic heterocycles. The quantitative estimate of drug-likeness (QED) is 0.815. The number of nitrogens with zero attached hydrogens (tertiary/aromatic N) is 1. The van der Waals surface area contributed by atoms with Crippen molar-refractivity contribution < 1.29 is 14.7 Å². The molecule has 2 rings (SSSR count). The Bertz CT molecular complexity index is 371. The highest BCUT2D eigenvalue weighted by atomic mass is 32.2. The molecular weight excluding hydrogens is 276 g/mol. The number of urea groups is 1. The van der Waals surface area contributed by atoms with Crippen molar-refractivity contribution in [1.82, 2.24) is 10.2 Å². The Kier molecular flexibility index (Phi) is 5.18. The van der Waals surface area contributed by atoms with Crippen molar-refractivity contribution >= 4 is 23.8 Å². The third kappa shape index (κ3) is 3.40. The summed E-state index contributed by atoms with van der Waals surface area (Å²) in [5, 5.41) is 12.4. The maximum Gasteiger partial charge on any atom is 0.317 e. The largest absolute Gasteiger partial charge is 0.481 e. The number of aliphatic carboxylic acids is 1. The Balaban J connectivity index is 1.84. The zero-order chi connectivity index (χ0) is 14.6. The molecule has 2 unspecified atom stereocenters. The summed E-state index contributed by atoms with van der Waals surface area (Å²) in [5.74, 6) is 2.12. The summed E-state index contributed by atoms with van der Waals surface area (Å²) in [6, 6.07) is -0.0962. The first-order valence-corrected chi connectivity index (χ1v) is 8.57. The minimum absolute atomic E-state index is 0.0962. The highest BCUT2D eigenvalue weighted by Gasteiger charge is 2.45. The van der Waals surface area contributed by atoms with Crippen LogP contribution >= 0.6 is 11.8 Å². The van der Waals surface area contributed by atoms with E-state index in [1.54, 1.807) is 4.90 Å². The molecule has 2 atom stereocenters. The predicted octanol–water partition coefficient (Wildman–Crippen LogP) is 2.03. The second kappa shape index (κ2) is 6.70. The number of carbonyl (C=O) groups is 2. The summed E-state index contributed by atoms with van der Waals surface area (Å²) >= 11 is 1.93. The number of amides is 2. The molecular formula is C14H24N2O3S. The van der Waals surface area contributed by atoms with Crippen LogP contribution < -0.4 is 5.32 Å². The van der Waals surface area contributed by atoms with Crippen molar-refractivity contribution in [2.24, 2.45) is 11.3 Å². The van der Waals surface area contributed by atoms with E-state index in [2.05, 4.69) is 5.32 Å². The maximum absolute atomic E-state index is 12.1. The molecule has 2 saturated heterocycles. The van der Waals surface area contributed by atoms with Crippen LogP contribution in [0, 0.1) is 11.3 Å². The minimum Gasteiger partial charge on any atom is -0.481 e. The van der Waals surface area contributed by atoms with E-state index in [1.165, 1.54) is 12.2 Å². The Labute approximate surface area is 124 Å². The fraction of sp³-hybridized carbons (Fsp3) is 0.857. The number of rotatable bonds is 5. The Hall–Kier alpha value is -0.910. The van der Waals surface area contributed by atoms with Crippen LogP contribution in [0.15, 0.2) is 0 Å². The number of thioether (sulfide) groups is 1.